The third kappa shape index (κ3) is 10.5. The van der Waals surface area contributed by atoms with E-state index in [2.05, 4.69) is 16.4 Å². The van der Waals surface area contributed by atoms with E-state index in [1.807, 2.05) is 16.8 Å². The Bertz CT molecular complexity index is 1740. The predicted octanol–water partition coefficient (Wildman–Crippen LogP) is 5.98. The molecule has 6 rings (SSSR count). The van der Waals surface area contributed by atoms with Crippen molar-refractivity contribution >= 4 is 48.2 Å². The van der Waals surface area contributed by atoms with E-state index >= 15 is 0 Å². The Morgan fingerprint density at radius 3 is 2.16 bits per heavy atom. The van der Waals surface area contributed by atoms with Crippen LogP contribution in [0.25, 0.3) is 11.0 Å². The van der Waals surface area contributed by atoms with Gasteiger partial charge in [0.1, 0.15) is 35.6 Å². The Hall–Kier alpha value is -2.72. The largest absolute Gasteiger partial charge is 0.443 e. The lowest BCUT2D eigenvalue weighted by Gasteiger charge is -2.25. The monoisotopic (exact) mass is 841 g/mol. The smallest absolute Gasteiger partial charge is 0.434 e. The van der Waals surface area contributed by atoms with Crippen molar-refractivity contribution in [3.05, 3.63) is 23.0 Å². The van der Waals surface area contributed by atoms with Gasteiger partial charge < -0.3 is 47.8 Å². The molecule has 1 aliphatic carbocycles. The molecule has 4 aliphatic rings. The minimum atomic E-state index is -3.99. The molecule has 5 heterocycles. The number of rotatable bonds is 7. The van der Waals surface area contributed by atoms with Crippen molar-refractivity contribution in [1.82, 2.24) is 9.55 Å². The van der Waals surface area contributed by atoms with E-state index in [9.17, 15) is 19.7 Å². The van der Waals surface area contributed by atoms with Gasteiger partial charge in [-0.3, -0.25) is 9.59 Å². The minimum Gasteiger partial charge on any atom is -0.434 e. The van der Waals surface area contributed by atoms with Crippen molar-refractivity contribution in [2.75, 3.05) is 58.3 Å². The van der Waals surface area contributed by atoms with Crippen LogP contribution in [0.5, 0.6) is 0 Å². The van der Waals surface area contributed by atoms with Gasteiger partial charge in [0.25, 0.3) is 0 Å². The van der Waals surface area contributed by atoms with Gasteiger partial charge in [0.15, 0.2) is 17.2 Å². The number of hydrogen-bond donors (Lipinski definition) is 2. The molecule has 3 aliphatic heterocycles. The lowest BCUT2D eigenvalue weighted by atomic mass is 9.95. The quantitative estimate of drug-likeness (QED) is 0.187. The van der Waals surface area contributed by atoms with Crippen molar-refractivity contribution in [2.45, 2.75) is 116 Å². The number of carbonyl (C=O) groups is 2. The molecule has 0 aromatic carbocycles. The van der Waals surface area contributed by atoms with Crippen LogP contribution in [0, 0.1) is 22.2 Å². The lowest BCUT2D eigenvalue weighted by molar-refractivity contribution is -0.201. The van der Waals surface area contributed by atoms with Crippen LogP contribution >= 0.6 is 19.5 Å². The zero-order valence-corrected chi connectivity index (χ0v) is 35.1. The number of aromatic nitrogens is 2. The van der Waals surface area contributed by atoms with E-state index in [4.69, 9.17) is 58.5 Å². The molecule has 0 spiro atoms. The van der Waals surface area contributed by atoms with Gasteiger partial charge in [0.05, 0.1) is 36.3 Å². The summed E-state index contributed by atoms with van der Waals surface area (Å²) in [6.45, 7) is 9.92. The Kier molecular flexibility index (Phi) is 14.1. The highest BCUT2D eigenvalue weighted by atomic mass is 35.5. The standard InChI is InChI=1S/C38H55ClN4O13P/c1-36(2)19-47-15-9-10-16-48-20-37(3,4)35(45)51-22-53-57(46,52-21-50-34(36)44)23-49-18-27-29-30(56-38(5,6)55-29)33(54-27)43-14-13-25-28(41-24-11-7-8-12-24)26(17-40)31(39)42-32(25)43/h13-14,24,27,29-30,33,46H,7-12,15-16,18-23H2,1-6H3,(H,41,42)/q+1/t27-,29-,30-,33-/m1/s1. The van der Waals surface area contributed by atoms with Crippen LogP contribution in [0.15, 0.2) is 12.3 Å². The fourth-order valence-corrected chi connectivity index (χ4v) is 8.39. The highest BCUT2D eigenvalue weighted by Crippen LogP contribution is 2.57. The first kappa shape index (κ1) is 43.8. The average Bonchev–Trinajstić information content (AvgIpc) is 3.94. The molecule has 0 radical (unpaired) electrons. The van der Waals surface area contributed by atoms with E-state index in [-0.39, 0.29) is 36.6 Å². The summed E-state index contributed by atoms with van der Waals surface area (Å²) in [5.41, 5.74) is -0.588. The molecule has 0 unspecified atom stereocenters. The number of nitrogens with zero attached hydrogens (tertiary/aromatic N) is 3. The second-order valence-electron chi connectivity index (χ2n) is 16.6. The molecule has 2 N–H and O–H groups in total. The van der Waals surface area contributed by atoms with Crippen LogP contribution < -0.4 is 5.32 Å². The first-order chi connectivity index (χ1) is 27.0. The molecular weight excluding hydrogens is 787 g/mol. The van der Waals surface area contributed by atoms with E-state index in [0.717, 1.165) is 31.1 Å². The normalized spacial score (nSPS) is 28.8. The predicted molar refractivity (Wildman–Crippen MR) is 206 cm³/mol. The first-order valence-corrected chi connectivity index (χ1v) is 21.5. The number of pyridine rings is 1. The van der Waals surface area contributed by atoms with Gasteiger partial charge >= 0.3 is 19.9 Å². The molecule has 3 saturated heterocycles. The molecule has 4 fully saturated rings. The molecule has 1 saturated carbocycles. The lowest BCUT2D eigenvalue weighted by Crippen LogP contribution is -2.34. The average molecular weight is 842 g/mol. The number of hydrogen-bond acceptors (Lipinski definition) is 16. The number of halogens is 1. The van der Waals surface area contributed by atoms with Crippen LogP contribution in [0.2, 0.25) is 5.15 Å². The highest BCUT2D eigenvalue weighted by Gasteiger charge is 2.56. The zero-order chi connectivity index (χ0) is 41.0. The highest BCUT2D eigenvalue weighted by molar-refractivity contribution is 7.60. The molecule has 57 heavy (non-hydrogen) atoms. The first-order valence-electron chi connectivity index (χ1n) is 19.4. The number of nitrogens with one attached hydrogen (secondary N) is 1. The maximum absolute atomic E-state index is 12.9. The van der Waals surface area contributed by atoms with Gasteiger partial charge in [-0.05, 0) is 73.3 Å². The minimum absolute atomic E-state index is 0.0711. The van der Waals surface area contributed by atoms with Crippen LogP contribution in [-0.2, 0) is 56.5 Å². The van der Waals surface area contributed by atoms with E-state index < -0.39 is 81.0 Å². The molecular formula is C38H55ClN4O13P+. The van der Waals surface area contributed by atoms with Crippen LogP contribution in [0.1, 0.15) is 91.9 Å². The number of carbonyl (C=O) groups excluding carboxylic acids is 2. The third-order valence-corrected chi connectivity index (χ3v) is 12.1. The van der Waals surface area contributed by atoms with Crippen LogP contribution in [-0.4, -0.2) is 109 Å². The van der Waals surface area contributed by atoms with Crippen molar-refractivity contribution in [3.63, 3.8) is 0 Å². The molecule has 0 bridgehead atoms. The summed E-state index contributed by atoms with van der Waals surface area (Å²) >= 11 is 6.61. The van der Waals surface area contributed by atoms with Crippen molar-refractivity contribution in [3.8, 4) is 6.07 Å². The summed E-state index contributed by atoms with van der Waals surface area (Å²) in [5, 5.41) is 14.3. The van der Waals surface area contributed by atoms with Gasteiger partial charge in [-0.15, -0.1) is 9.05 Å². The fourth-order valence-electron chi connectivity index (χ4n) is 7.18. The molecule has 0 amide bonds. The number of fused-ring (bicyclic) bond motifs is 2. The Labute approximate surface area is 338 Å². The summed E-state index contributed by atoms with van der Waals surface area (Å²) in [4.78, 5) is 42.0. The summed E-state index contributed by atoms with van der Waals surface area (Å²) in [5.74, 6) is -2.18. The third-order valence-electron chi connectivity index (χ3n) is 10.3. The van der Waals surface area contributed by atoms with Crippen LogP contribution in [0.3, 0.4) is 0 Å². The van der Waals surface area contributed by atoms with Crippen molar-refractivity contribution in [1.29, 1.82) is 5.26 Å². The maximum Gasteiger partial charge on any atom is 0.443 e. The number of nitriles is 1. The fraction of sp³-hybridized carbons (Fsp3) is 0.737. The summed E-state index contributed by atoms with van der Waals surface area (Å²) in [7, 11) is -3.99. The van der Waals surface area contributed by atoms with E-state index in [0.29, 0.717) is 37.4 Å². The second kappa shape index (κ2) is 18.3. The molecule has 17 nitrogen and oxygen atoms in total. The number of anilines is 1. The summed E-state index contributed by atoms with van der Waals surface area (Å²) < 4.78 is 60.3. The molecule has 2 aromatic heterocycles. The Morgan fingerprint density at radius 2 is 1.56 bits per heavy atom. The van der Waals surface area contributed by atoms with Gasteiger partial charge in [-0.2, -0.15) is 10.2 Å². The topological polar surface area (TPSA) is 200 Å². The van der Waals surface area contributed by atoms with Crippen molar-refractivity contribution < 1.29 is 61.4 Å². The Morgan fingerprint density at radius 1 is 0.965 bits per heavy atom. The van der Waals surface area contributed by atoms with E-state index in [1.165, 1.54) is 0 Å². The molecule has 2 aromatic rings. The van der Waals surface area contributed by atoms with Gasteiger partial charge in [0, 0.05) is 30.8 Å². The zero-order valence-electron chi connectivity index (χ0n) is 33.5. The number of ether oxygens (including phenoxy) is 8. The van der Waals surface area contributed by atoms with Gasteiger partial charge in [-0.25, -0.2) is 4.98 Å². The molecule has 4 atom stereocenters. The van der Waals surface area contributed by atoms with Gasteiger partial charge in [0.2, 0.25) is 19.9 Å². The summed E-state index contributed by atoms with van der Waals surface area (Å²) in [6, 6.07) is 4.30. The maximum atomic E-state index is 12.9. The number of esters is 2. The Balaban J connectivity index is 1.16. The number of cyclic esters (lactones) is 2. The van der Waals surface area contributed by atoms with Crippen LogP contribution in [0.4, 0.5) is 5.69 Å². The molecule has 19 heteroatoms. The van der Waals surface area contributed by atoms with Crippen molar-refractivity contribution in [2.24, 2.45) is 10.8 Å². The SMILES string of the molecule is CC1(C)O[C@@H]2[C@H](O1)[C@@H](COC[P+]1(O)OCOC(=O)C(C)(C)COCCCCOCC(C)(C)C(=O)OCO1)O[C@H]2n1ccc2c(NC3CCCC3)c(C#N)c(Cl)nc21. The van der Waals surface area contributed by atoms with Gasteiger partial charge in [-0.1, -0.05) is 24.4 Å². The van der Waals surface area contributed by atoms with E-state index in [1.54, 1.807) is 41.5 Å². The molecule has 316 valence electrons. The summed E-state index contributed by atoms with van der Waals surface area (Å²) in [6.07, 6.45) is 4.27. The second-order valence-corrected chi connectivity index (χ2v) is 19.0.